The molecule has 2 saturated carbocycles. The van der Waals surface area contributed by atoms with E-state index in [2.05, 4.69) is 9.47 Å². The number of esters is 1. The maximum atomic E-state index is 13.7. The van der Waals surface area contributed by atoms with Crippen LogP contribution in [0.15, 0.2) is 0 Å². The van der Waals surface area contributed by atoms with Gasteiger partial charge in [0, 0.05) is 13.0 Å². The van der Waals surface area contributed by atoms with E-state index in [1.807, 2.05) is 0 Å². The van der Waals surface area contributed by atoms with E-state index >= 15 is 0 Å². The number of halogens is 9. The Morgan fingerprint density at radius 2 is 1.46 bits per heavy atom. The van der Waals surface area contributed by atoms with Crippen LogP contribution in [0.1, 0.15) is 67.7 Å². The van der Waals surface area contributed by atoms with Crippen LogP contribution >= 0.6 is 0 Å². The van der Waals surface area contributed by atoms with Crippen LogP contribution < -0.4 is 0 Å². The van der Waals surface area contributed by atoms with Crippen LogP contribution in [-0.2, 0) is 19.0 Å². The number of carbonyl (C=O) groups excluding carboxylic acids is 1. The van der Waals surface area contributed by atoms with Crippen molar-refractivity contribution in [1.29, 1.82) is 0 Å². The van der Waals surface area contributed by atoms with E-state index in [-0.39, 0.29) is 34.1 Å². The third kappa shape index (κ3) is 5.86. The maximum absolute atomic E-state index is 13.7. The van der Waals surface area contributed by atoms with Crippen molar-refractivity contribution in [2.24, 2.45) is 23.2 Å². The predicted molar refractivity (Wildman–Crippen MR) is 109 cm³/mol. The molecule has 0 aromatic heterocycles. The third-order valence-electron chi connectivity index (χ3n) is 7.27. The van der Waals surface area contributed by atoms with Gasteiger partial charge in [-0.25, -0.2) is 0 Å². The highest BCUT2D eigenvalue weighted by molar-refractivity contribution is 5.78. The quantitative estimate of drug-likeness (QED) is 0.184. The van der Waals surface area contributed by atoms with Crippen molar-refractivity contribution < 1.29 is 58.5 Å². The first kappa shape index (κ1) is 33.8. The van der Waals surface area contributed by atoms with E-state index < -0.39 is 78.5 Å². The molecule has 0 radical (unpaired) electrons. The first-order chi connectivity index (χ1) is 14.8. The third-order valence-corrected chi connectivity index (χ3v) is 7.27. The summed E-state index contributed by atoms with van der Waals surface area (Å²) in [7, 11) is 0.872. The minimum Gasteiger partial charge on any atom is -0.458 e. The maximum Gasteiger partial charge on any atom is 0.426 e. The van der Waals surface area contributed by atoms with Gasteiger partial charge in [0.25, 0.3) is 5.60 Å². The Morgan fingerprint density at radius 3 is 1.83 bits per heavy atom. The smallest absolute Gasteiger partial charge is 0.426 e. The van der Waals surface area contributed by atoms with Gasteiger partial charge in [0.05, 0.1) is 0 Å². The highest BCUT2D eigenvalue weighted by atomic mass is 19.4. The van der Waals surface area contributed by atoms with Crippen molar-refractivity contribution in [3.63, 3.8) is 0 Å². The monoisotopic (exact) mass is 534 g/mol. The minimum absolute atomic E-state index is 0. The second-order valence-corrected chi connectivity index (χ2v) is 9.37. The van der Waals surface area contributed by atoms with Gasteiger partial charge in [-0.1, -0.05) is 21.8 Å². The lowest BCUT2D eigenvalue weighted by Gasteiger charge is -2.44. The Bertz CT molecular complexity index is 705. The Labute approximate surface area is 199 Å². The number of fused-ring (bicyclic) bond motifs is 2. The molecule has 5 atom stereocenters. The molecule has 2 rings (SSSR count). The second kappa shape index (κ2) is 10.6. The molecular formula is C22H35F9O4. The van der Waals surface area contributed by atoms with E-state index in [1.165, 1.54) is 6.92 Å². The fraction of sp³-hybridized carbons (Fsp3) is 0.955. The van der Waals surface area contributed by atoms with Gasteiger partial charge >= 0.3 is 24.5 Å². The first-order valence-electron chi connectivity index (χ1n) is 10.3. The number of alkyl halides is 9. The number of ether oxygens (including phenoxy) is 3. The van der Waals surface area contributed by atoms with E-state index in [1.54, 1.807) is 0 Å². The van der Waals surface area contributed by atoms with Gasteiger partial charge in [0.1, 0.15) is 12.4 Å². The summed E-state index contributed by atoms with van der Waals surface area (Å²) in [5.74, 6) is -4.23. The van der Waals surface area contributed by atoms with Crippen LogP contribution in [0.5, 0.6) is 0 Å². The Kier molecular flexibility index (Phi) is 10.3. The Morgan fingerprint density at radius 1 is 0.943 bits per heavy atom. The van der Waals surface area contributed by atoms with Gasteiger partial charge in [0.15, 0.2) is 5.41 Å². The van der Waals surface area contributed by atoms with Crippen LogP contribution in [-0.4, -0.2) is 49.6 Å². The lowest BCUT2D eigenvalue weighted by Crippen LogP contribution is -2.61. The van der Waals surface area contributed by atoms with Crippen molar-refractivity contribution in [2.75, 3.05) is 13.9 Å². The highest BCUT2D eigenvalue weighted by Gasteiger charge is 2.74. The molecule has 0 N–H and O–H groups in total. The van der Waals surface area contributed by atoms with Gasteiger partial charge in [-0.05, 0) is 57.8 Å². The lowest BCUT2D eigenvalue weighted by atomic mass is 9.72. The average molecular weight is 535 g/mol. The zero-order valence-corrected chi connectivity index (χ0v) is 18.5. The molecule has 0 spiro atoms. The summed E-state index contributed by atoms with van der Waals surface area (Å²) in [4.78, 5) is 12.5. The molecule has 2 bridgehead atoms. The van der Waals surface area contributed by atoms with Crippen molar-refractivity contribution in [1.82, 2.24) is 0 Å². The highest BCUT2D eigenvalue weighted by Crippen LogP contribution is 2.61. The summed E-state index contributed by atoms with van der Waals surface area (Å²) in [5, 5.41) is 0. The van der Waals surface area contributed by atoms with Crippen molar-refractivity contribution in [2.45, 2.75) is 97.5 Å². The van der Waals surface area contributed by atoms with Gasteiger partial charge in [-0.15, -0.1) is 0 Å². The Balaban J connectivity index is 0.00000578. The van der Waals surface area contributed by atoms with Gasteiger partial charge in [0.2, 0.25) is 0 Å². The number of hydrogen-bond acceptors (Lipinski definition) is 4. The van der Waals surface area contributed by atoms with Crippen LogP contribution in [0, 0.1) is 23.2 Å². The molecule has 5 unspecified atom stereocenters. The number of rotatable bonds is 8. The molecule has 2 aliphatic carbocycles. The van der Waals surface area contributed by atoms with Gasteiger partial charge in [-0.3, -0.25) is 4.79 Å². The molecule has 0 aromatic rings. The Hall–Kier alpha value is -1.24. The molecule has 0 heterocycles. The number of hydrogen-bond donors (Lipinski definition) is 0. The molecule has 0 aliphatic heterocycles. The summed E-state index contributed by atoms with van der Waals surface area (Å²) in [6, 6.07) is 0. The molecule has 0 aromatic carbocycles. The molecule has 2 fully saturated rings. The minimum atomic E-state index is -5.84. The normalized spacial score (nSPS) is 28.7. The predicted octanol–water partition coefficient (Wildman–Crippen LogP) is 7.46. The second-order valence-electron chi connectivity index (χ2n) is 9.37. The van der Waals surface area contributed by atoms with Gasteiger partial charge in [-0.2, -0.15) is 39.5 Å². The fourth-order valence-corrected chi connectivity index (χ4v) is 5.15. The summed E-state index contributed by atoms with van der Waals surface area (Å²) >= 11 is 0. The SMILES string of the molecule is C.C.CCC(C)(C(=O)OC1(C)CC2CC(CC(OCOC)(C(F)(F)F)C(F)(F)F)C1C2)C(F)(F)F. The summed E-state index contributed by atoms with van der Waals surface area (Å²) < 4.78 is 136. The summed E-state index contributed by atoms with van der Waals surface area (Å²) in [5.41, 5.74) is -9.01. The zero-order valence-electron chi connectivity index (χ0n) is 18.5. The number of methoxy groups -OCH3 is 1. The van der Waals surface area contributed by atoms with Crippen LogP contribution in [0.25, 0.3) is 0 Å². The van der Waals surface area contributed by atoms with E-state index in [0.717, 1.165) is 14.0 Å². The van der Waals surface area contributed by atoms with E-state index in [0.29, 0.717) is 6.92 Å². The topological polar surface area (TPSA) is 44.8 Å². The zero-order chi connectivity index (χ0) is 25.7. The van der Waals surface area contributed by atoms with Crippen molar-refractivity contribution in [3.05, 3.63) is 0 Å². The van der Waals surface area contributed by atoms with E-state index in [9.17, 15) is 44.3 Å². The van der Waals surface area contributed by atoms with Crippen LogP contribution in [0.4, 0.5) is 39.5 Å². The molecule has 4 nitrogen and oxygen atoms in total. The molecular weight excluding hydrogens is 499 g/mol. The largest absolute Gasteiger partial charge is 0.458 e. The van der Waals surface area contributed by atoms with Crippen molar-refractivity contribution >= 4 is 5.97 Å². The first-order valence-corrected chi connectivity index (χ1v) is 10.3. The molecule has 0 amide bonds. The average Bonchev–Trinajstić information content (AvgIpc) is 3.17. The van der Waals surface area contributed by atoms with Gasteiger partial charge < -0.3 is 14.2 Å². The van der Waals surface area contributed by atoms with Crippen LogP contribution in [0.3, 0.4) is 0 Å². The molecule has 0 saturated heterocycles. The lowest BCUT2D eigenvalue weighted by molar-refractivity contribution is -0.397. The molecule has 13 heteroatoms. The molecule has 2 aliphatic rings. The molecule has 35 heavy (non-hydrogen) atoms. The van der Waals surface area contributed by atoms with Crippen molar-refractivity contribution in [3.8, 4) is 0 Å². The van der Waals surface area contributed by atoms with Crippen LogP contribution in [0.2, 0.25) is 0 Å². The molecule has 210 valence electrons. The fourth-order valence-electron chi connectivity index (χ4n) is 5.15. The summed E-state index contributed by atoms with van der Waals surface area (Å²) in [6.45, 7) is 1.79. The summed E-state index contributed by atoms with van der Waals surface area (Å²) in [6.07, 6.45) is -18.6. The standard InChI is InChI=1S/C20H27F9O4.2CH4/c1-5-15(2,18(21,22)23)14(30)33-16(3)8-11-6-12(13(16)7-11)9-17(19(24,25)26,20(27,28)29)32-10-31-4;;/h11-13H,5-10H2,1-4H3;2*1H4. The number of carbonyl (C=O) groups is 1. The van der Waals surface area contributed by atoms with E-state index in [4.69, 9.17) is 4.74 Å².